The summed E-state index contributed by atoms with van der Waals surface area (Å²) in [5.74, 6) is 1.26. The summed E-state index contributed by atoms with van der Waals surface area (Å²) in [6.07, 6.45) is 2.42. The molecule has 0 radical (unpaired) electrons. The Morgan fingerprint density at radius 3 is 2.54 bits per heavy atom. The standard InChI is InChI=1S/C18H28N4O2/c1-13(2)12-17(23)22-10-8-14(9-11-22)19-16-7-5-6-15(20-16)18(24)21(3)4/h5-7,13-14H,8-12H2,1-4H3,(H,19,20). The lowest BCUT2D eigenvalue weighted by atomic mass is 10.0. The van der Waals surface area contributed by atoms with Crippen LogP contribution in [0.4, 0.5) is 5.82 Å². The smallest absolute Gasteiger partial charge is 0.272 e. The van der Waals surface area contributed by atoms with Crippen LogP contribution < -0.4 is 5.32 Å². The van der Waals surface area contributed by atoms with Crippen LogP contribution in [0.5, 0.6) is 0 Å². The van der Waals surface area contributed by atoms with Crippen molar-refractivity contribution in [1.82, 2.24) is 14.8 Å². The predicted octanol–water partition coefficient (Wildman–Crippen LogP) is 2.23. The Hall–Kier alpha value is -2.11. The summed E-state index contributed by atoms with van der Waals surface area (Å²) in [7, 11) is 3.43. The largest absolute Gasteiger partial charge is 0.367 e. The molecule has 1 aromatic heterocycles. The van der Waals surface area contributed by atoms with Gasteiger partial charge in [0.15, 0.2) is 0 Å². The van der Waals surface area contributed by atoms with Crippen molar-refractivity contribution in [2.45, 2.75) is 39.2 Å². The number of hydrogen-bond acceptors (Lipinski definition) is 4. The van der Waals surface area contributed by atoms with Gasteiger partial charge in [-0.15, -0.1) is 0 Å². The minimum atomic E-state index is -0.104. The van der Waals surface area contributed by atoms with Crippen molar-refractivity contribution in [2.24, 2.45) is 5.92 Å². The lowest BCUT2D eigenvalue weighted by molar-refractivity contribution is -0.132. The van der Waals surface area contributed by atoms with Gasteiger partial charge in [-0.25, -0.2) is 4.98 Å². The minimum absolute atomic E-state index is 0.104. The van der Waals surface area contributed by atoms with Crippen LogP contribution in [0, 0.1) is 5.92 Å². The number of amides is 2. The lowest BCUT2D eigenvalue weighted by Gasteiger charge is -2.33. The zero-order chi connectivity index (χ0) is 17.7. The molecule has 0 aliphatic carbocycles. The summed E-state index contributed by atoms with van der Waals surface area (Å²) < 4.78 is 0. The second kappa shape index (κ2) is 8.13. The zero-order valence-corrected chi connectivity index (χ0v) is 15.1. The van der Waals surface area contributed by atoms with Gasteiger partial charge >= 0.3 is 0 Å². The second-order valence-electron chi connectivity index (χ2n) is 7.01. The zero-order valence-electron chi connectivity index (χ0n) is 15.1. The Balaban J connectivity index is 1.89. The van der Waals surface area contributed by atoms with E-state index in [1.165, 1.54) is 4.90 Å². The Labute approximate surface area is 144 Å². The van der Waals surface area contributed by atoms with Gasteiger partial charge in [0.05, 0.1) is 0 Å². The van der Waals surface area contributed by atoms with Gasteiger partial charge in [0.25, 0.3) is 5.91 Å². The van der Waals surface area contributed by atoms with E-state index in [0.717, 1.165) is 31.7 Å². The Morgan fingerprint density at radius 2 is 1.96 bits per heavy atom. The van der Waals surface area contributed by atoms with Gasteiger partial charge in [0.1, 0.15) is 11.5 Å². The van der Waals surface area contributed by atoms with E-state index < -0.39 is 0 Å². The van der Waals surface area contributed by atoms with Crippen molar-refractivity contribution in [1.29, 1.82) is 0 Å². The molecule has 24 heavy (non-hydrogen) atoms. The van der Waals surface area contributed by atoms with Crippen LogP contribution in [0.1, 0.15) is 43.6 Å². The van der Waals surface area contributed by atoms with E-state index >= 15 is 0 Å². The molecule has 1 saturated heterocycles. The summed E-state index contributed by atoms with van der Waals surface area (Å²) in [6.45, 7) is 5.69. The highest BCUT2D eigenvalue weighted by molar-refractivity contribution is 5.92. The molecule has 1 aliphatic rings. The summed E-state index contributed by atoms with van der Waals surface area (Å²) in [6, 6.07) is 5.72. The Kier molecular flexibility index (Phi) is 6.17. The number of hydrogen-bond donors (Lipinski definition) is 1. The average Bonchev–Trinajstić information content (AvgIpc) is 2.54. The summed E-state index contributed by atoms with van der Waals surface area (Å²) in [5, 5.41) is 3.40. The summed E-state index contributed by atoms with van der Waals surface area (Å²) in [5.41, 5.74) is 0.439. The molecule has 1 fully saturated rings. The van der Waals surface area contributed by atoms with E-state index in [-0.39, 0.29) is 17.9 Å². The molecule has 0 spiro atoms. The van der Waals surface area contributed by atoms with Crippen LogP contribution >= 0.6 is 0 Å². The molecule has 0 saturated carbocycles. The van der Waals surface area contributed by atoms with Gasteiger partial charge in [0.2, 0.25) is 5.91 Å². The van der Waals surface area contributed by atoms with E-state index in [1.807, 2.05) is 17.0 Å². The molecule has 0 unspecified atom stereocenters. The fraction of sp³-hybridized carbons (Fsp3) is 0.611. The Bertz CT molecular complexity index is 578. The molecule has 2 amide bonds. The summed E-state index contributed by atoms with van der Waals surface area (Å²) in [4.78, 5) is 32.0. The molecule has 2 heterocycles. The fourth-order valence-electron chi connectivity index (χ4n) is 2.82. The quantitative estimate of drug-likeness (QED) is 0.898. The highest BCUT2D eigenvalue weighted by atomic mass is 16.2. The molecule has 1 N–H and O–H groups in total. The molecule has 0 atom stereocenters. The first-order chi connectivity index (χ1) is 11.4. The molecule has 0 bridgehead atoms. The number of anilines is 1. The molecule has 2 rings (SSSR count). The van der Waals surface area contributed by atoms with E-state index in [4.69, 9.17) is 0 Å². The van der Waals surface area contributed by atoms with Crippen LogP contribution in [0.15, 0.2) is 18.2 Å². The molecule has 1 aliphatic heterocycles. The number of likely N-dealkylation sites (tertiary alicyclic amines) is 1. The molecular formula is C18H28N4O2. The third kappa shape index (κ3) is 4.94. The number of piperidine rings is 1. The second-order valence-corrected chi connectivity index (χ2v) is 7.01. The topological polar surface area (TPSA) is 65.5 Å². The van der Waals surface area contributed by atoms with Crippen molar-refractivity contribution in [2.75, 3.05) is 32.5 Å². The van der Waals surface area contributed by atoms with Gasteiger partial charge in [0, 0.05) is 39.6 Å². The van der Waals surface area contributed by atoms with Crippen molar-refractivity contribution in [3.05, 3.63) is 23.9 Å². The van der Waals surface area contributed by atoms with Crippen LogP contribution in [-0.4, -0.2) is 59.8 Å². The van der Waals surface area contributed by atoms with E-state index in [0.29, 0.717) is 18.0 Å². The molecule has 6 heteroatoms. The van der Waals surface area contributed by atoms with Gasteiger partial charge in [-0.1, -0.05) is 19.9 Å². The number of pyridine rings is 1. The fourth-order valence-corrected chi connectivity index (χ4v) is 2.82. The van der Waals surface area contributed by atoms with E-state index in [2.05, 4.69) is 24.1 Å². The SMILES string of the molecule is CC(C)CC(=O)N1CCC(Nc2cccc(C(=O)N(C)C)n2)CC1. The van der Waals surface area contributed by atoms with Crippen LogP contribution in [0.3, 0.4) is 0 Å². The maximum absolute atomic E-state index is 12.1. The monoisotopic (exact) mass is 332 g/mol. The van der Waals surface area contributed by atoms with E-state index in [9.17, 15) is 9.59 Å². The first-order valence-electron chi connectivity index (χ1n) is 8.60. The maximum Gasteiger partial charge on any atom is 0.272 e. The van der Waals surface area contributed by atoms with Crippen molar-refractivity contribution >= 4 is 17.6 Å². The van der Waals surface area contributed by atoms with Crippen molar-refractivity contribution < 1.29 is 9.59 Å². The molecule has 132 valence electrons. The van der Waals surface area contributed by atoms with Gasteiger partial charge in [-0.3, -0.25) is 9.59 Å². The van der Waals surface area contributed by atoms with Crippen LogP contribution in [-0.2, 0) is 4.79 Å². The minimum Gasteiger partial charge on any atom is -0.367 e. The van der Waals surface area contributed by atoms with Gasteiger partial charge in [-0.2, -0.15) is 0 Å². The third-order valence-electron chi connectivity index (χ3n) is 4.16. The molecule has 1 aromatic rings. The van der Waals surface area contributed by atoms with Crippen LogP contribution in [0.25, 0.3) is 0 Å². The molecule has 6 nitrogen and oxygen atoms in total. The molecule has 0 aromatic carbocycles. The van der Waals surface area contributed by atoms with Gasteiger partial charge in [-0.05, 0) is 30.9 Å². The number of aromatic nitrogens is 1. The number of nitrogens with one attached hydrogen (secondary N) is 1. The van der Waals surface area contributed by atoms with E-state index in [1.54, 1.807) is 20.2 Å². The van der Waals surface area contributed by atoms with Crippen molar-refractivity contribution in [3.8, 4) is 0 Å². The third-order valence-corrected chi connectivity index (χ3v) is 4.16. The highest BCUT2D eigenvalue weighted by Gasteiger charge is 2.23. The first-order valence-corrected chi connectivity index (χ1v) is 8.60. The predicted molar refractivity (Wildman–Crippen MR) is 94.9 cm³/mol. The number of carbonyl (C=O) groups excluding carboxylic acids is 2. The first kappa shape index (κ1) is 18.2. The number of carbonyl (C=O) groups is 2. The molecular weight excluding hydrogens is 304 g/mol. The summed E-state index contributed by atoms with van der Waals surface area (Å²) >= 11 is 0. The normalized spacial score (nSPS) is 15.5. The highest BCUT2D eigenvalue weighted by Crippen LogP contribution is 2.17. The van der Waals surface area contributed by atoms with Gasteiger partial charge < -0.3 is 15.1 Å². The number of nitrogens with zero attached hydrogens (tertiary/aromatic N) is 3. The Morgan fingerprint density at radius 1 is 1.29 bits per heavy atom. The van der Waals surface area contributed by atoms with Crippen molar-refractivity contribution in [3.63, 3.8) is 0 Å². The maximum atomic E-state index is 12.1. The average molecular weight is 332 g/mol. The number of rotatable bonds is 5. The lowest BCUT2D eigenvalue weighted by Crippen LogP contribution is -2.42. The van der Waals surface area contributed by atoms with Crippen LogP contribution in [0.2, 0.25) is 0 Å².